The third-order valence-corrected chi connectivity index (χ3v) is 5.56. The van der Waals surface area contributed by atoms with Gasteiger partial charge in [0, 0.05) is 50.1 Å². The number of anilines is 1. The second-order valence-electron chi connectivity index (χ2n) is 8.24. The molecular weight excluding hydrogens is 420 g/mol. The number of hydrazine groups is 1. The summed E-state index contributed by atoms with van der Waals surface area (Å²) in [6.07, 6.45) is 3.28. The van der Waals surface area contributed by atoms with Crippen molar-refractivity contribution in [2.24, 2.45) is 10.8 Å². The van der Waals surface area contributed by atoms with Gasteiger partial charge in [-0.05, 0) is 37.8 Å². The fraction of sp³-hybridized carbons (Fsp3) is 0.542. The lowest BCUT2D eigenvalue weighted by molar-refractivity contribution is -0.129. The summed E-state index contributed by atoms with van der Waals surface area (Å²) in [5, 5.41) is 7.87. The first kappa shape index (κ1) is 26.3. The van der Waals surface area contributed by atoms with Crippen LogP contribution in [0.15, 0.2) is 35.5 Å². The fourth-order valence-electron chi connectivity index (χ4n) is 3.67. The summed E-state index contributed by atoms with van der Waals surface area (Å²) < 4.78 is 5.63. The Kier molecular flexibility index (Phi) is 10.3. The van der Waals surface area contributed by atoms with Gasteiger partial charge in [0.05, 0.1) is 19.2 Å². The summed E-state index contributed by atoms with van der Waals surface area (Å²) in [6, 6.07) is 5.99. The normalized spacial score (nSPS) is 14.8. The summed E-state index contributed by atoms with van der Waals surface area (Å²) >= 11 is 0. The van der Waals surface area contributed by atoms with Crippen LogP contribution in [0.1, 0.15) is 52.0 Å². The van der Waals surface area contributed by atoms with Crippen molar-refractivity contribution in [3.8, 4) is 5.75 Å². The van der Waals surface area contributed by atoms with E-state index in [4.69, 9.17) is 10.6 Å². The maximum atomic E-state index is 12.6. The molecule has 0 unspecified atom stereocenters. The van der Waals surface area contributed by atoms with E-state index in [0.29, 0.717) is 35.8 Å². The first-order chi connectivity index (χ1) is 15.8. The smallest absolute Gasteiger partial charge is 0.241 e. The Bertz CT molecular complexity index is 862. The van der Waals surface area contributed by atoms with Crippen LogP contribution in [-0.4, -0.2) is 66.9 Å². The third-order valence-electron chi connectivity index (χ3n) is 5.56. The predicted molar refractivity (Wildman–Crippen MR) is 132 cm³/mol. The minimum absolute atomic E-state index is 0.0619. The molecule has 1 aliphatic rings. The Morgan fingerprint density at radius 1 is 1.30 bits per heavy atom. The number of carbonyl (C=O) groups is 2. The van der Waals surface area contributed by atoms with E-state index < -0.39 is 0 Å². The fourth-order valence-corrected chi connectivity index (χ4v) is 3.67. The number of amidine groups is 1. The number of ether oxygens (including phenoxy) is 1. The Morgan fingerprint density at radius 3 is 2.58 bits per heavy atom. The van der Waals surface area contributed by atoms with E-state index in [0.717, 1.165) is 38.0 Å². The van der Waals surface area contributed by atoms with Crippen molar-refractivity contribution < 1.29 is 14.3 Å². The van der Waals surface area contributed by atoms with Crippen LogP contribution in [0.3, 0.4) is 0 Å². The molecular formula is C24H38N6O3. The number of piperidine rings is 1. The molecule has 0 aliphatic carbocycles. The van der Waals surface area contributed by atoms with Crippen LogP contribution in [0.25, 0.3) is 0 Å². The Hall–Kier alpha value is -2.91. The molecule has 0 bridgehead atoms. The van der Waals surface area contributed by atoms with Crippen LogP contribution >= 0.6 is 0 Å². The van der Waals surface area contributed by atoms with Gasteiger partial charge in [0.2, 0.25) is 11.8 Å². The van der Waals surface area contributed by atoms with Gasteiger partial charge in [0.15, 0.2) is 0 Å². The number of nitrogens with one attached hydrogen (secondary N) is 2. The molecule has 1 saturated heterocycles. The highest BCUT2D eigenvalue weighted by molar-refractivity contribution is 6.10. The minimum Gasteiger partial charge on any atom is -0.496 e. The lowest BCUT2D eigenvalue weighted by atomic mass is 10.0. The summed E-state index contributed by atoms with van der Waals surface area (Å²) in [5.41, 5.74) is 2.22. The summed E-state index contributed by atoms with van der Waals surface area (Å²) in [6.45, 7) is 11.7. The van der Waals surface area contributed by atoms with Crippen molar-refractivity contribution in [1.29, 1.82) is 0 Å². The van der Waals surface area contributed by atoms with Crippen molar-refractivity contribution in [1.82, 2.24) is 15.2 Å². The van der Waals surface area contributed by atoms with E-state index in [1.54, 1.807) is 14.0 Å². The topological polar surface area (TPSA) is 112 Å². The van der Waals surface area contributed by atoms with Crippen molar-refractivity contribution in [2.45, 2.75) is 52.5 Å². The van der Waals surface area contributed by atoms with E-state index in [1.165, 1.54) is 5.01 Å². The first-order valence-corrected chi connectivity index (χ1v) is 11.5. The average Bonchev–Trinajstić information content (AvgIpc) is 2.78. The summed E-state index contributed by atoms with van der Waals surface area (Å²) in [4.78, 5) is 30.5. The number of allylic oxidation sites excluding steroid dienone is 1. The van der Waals surface area contributed by atoms with Crippen molar-refractivity contribution in [3.63, 3.8) is 0 Å². The summed E-state index contributed by atoms with van der Waals surface area (Å²) in [7, 11) is 1.59. The summed E-state index contributed by atoms with van der Waals surface area (Å²) in [5.74, 6) is 6.71. The van der Waals surface area contributed by atoms with Gasteiger partial charge in [0.25, 0.3) is 0 Å². The number of methoxy groups -OCH3 is 1. The highest BCUT2D eigenvalue weighted by Gasteiger charge is 2.21. The van der Waals surface area contributed by atoms with Gasteiger partial charge in [-0.15, -0.1) is 0 Å². The first-order valence-electron chi connectivity index (χ1n) is 11.5. The number of hydrogen-bond acceptors (Lipinski definition) is 7. The SMILES string of the molecule is C=C(CC)N=C(NC(=O)CN(N)CCC)c1ccc(NC2CCN(C(C)=O)CC2)cc1OC. The van der Waals surface area contributed by atoms with Crippen LogP contribution in [0.4, 0.5) is 5.69 Å². The maximum absolute atomic E-state index is 12.6. The number of hydrogen-bond donors (Lipinski definition) is 3. The van der Waals surface area contributed by atoms with Crippen LogP contribution in [0, 0.1) is 0 Å². The molecule has 0 atom stereocenters. The van der Waals surface area contributed by atoms with Gasteiger partial charge in [-0.1, -0.05) is 20.4 Å². The van der Waals surface area contributed by atoms with Gasteiger partial charge in [0.1, 0.15) is 11.6 Å². The molecule has 2 amide bonds. The van der Waals surface area contributed by atoms with Crippen LogP contribution < -0.4 is 21.2 Å². The number of carbonyl (C=O) groups excluding carboxylic acids is 2. The van der Waals surface area contributed by atoms with Crippen LogP contribution in [-0.2, 0) is 9.59 Å². The average molecular weight is 459 g/mol. The molecule has 2 rings (SSSR count). The lowest BCUT2D eigenvalue weighted by Crippen LogP contribution is -2.43. The number of likely N-dealkylation sites (tertiary alicyclic amines) is 1. The van der Waals surface area contributed by atoms with Crippen molar-refractivity contribution in [3.05, 3.63) is 36.0 Å². The molecule has 1 fully saturated rings. The van der Waals surface area contributed by atoms with Gasteiger partial charge in [-0.3, -0.25) is 15.4 Å². The Balaban J connectivity index is 2.18. The van der Waals surface area contributed by atoms with Crippen LogP contribution in [0.5, 0.6) is 5.75 Å². The second kappa shape index (κ2) is 13.0. The monoisotopic (exact) mass is 458 g/mol. The maximum Gasteiger partial charge on any atom is 0.241 e. The number of nitrogens with zero attached hydrogens (tertiary/aromatic N) is 3. The van der Waals surface area contributed by atoms with E-state index in [-0.39, 0.29) is 24.4 Å². The molecule has 0 aromatic heterocycles. The molecule has 1 aromatic carbocycles. The number of amides is 2. The molecule has 4 N–H and O–H groups in total. The van der Waals surface area contributed by atoms with E-state index in [2.05, 4.69) is 22.2 Å². The highest BCUT2D eigenvalue weighted by Crippen LogP contribution is 2.26. The predicted octanol–water partition coefficient (Wildman–Crippen LogP) is 2.49. The molecule has 1 heterocycles. The number of benzene rings is 1. The minimum atomic E-state index is -0.255. The van der Waals surface area contributed by atoms with Gasteiger partial charge in [-0.2, -0.15) is 0 Å². The molecule has 0 spiro atoms. The van der Waals surface area contributed by atoms with Crippen LogP contribution in [0.2, 0.25) is 0 Å². The second-order valence-corrected chi connectivity index (χ2v) is 8.24. The number of nitrogens with two attached hydrogens (primary N) is 1. The van der Waals surface area contributed by atoms with Crippen molar-refractivity contribution in [2.75, 3.05) is 38.6 Å². The quantitative estimate of drug-likeness (QED) is 0.215. The molecule has 0 saturated carbocycles. The number of aliphatic imine (C=N–C) groups is 1. The van der Waals surface area contributed by atoms with Gasteiger partial charge >= 0.3 is 0 Å². The standard InChI is InChI=1S/C24H38N6O3/c1-6-12-30(25)16-23(32)28-24(26-17(3)7-2)21-9-8-20(15-22(21)33-5)27-19-10-13-29(14-11-19)18(4)31/h8-9,15,19,27H,3,6-7,10-14,16,25H2,1-2,4-5H3,(H,26,28,32). The van der Waals surface area contributed by atoms with Gasteiger partial charge in [-0.25, -0.2) is 10.0 Å². The third kappa shape index (κ3) is 8.18. The molecule has 1 aromatic rings. The Morgan fingerprint density at radius 2 is 2.00 bits per heavy atom. The van der Waals surface area contributed by atoms with Gasteiger partial charge < -0.3 is 20.3 Å². The molecule has 9 heteroatoms. The lowest BCUT2D eigenvalue weighted by Gasteiger charge is -2.32. The molecule has 1 aliphatic heterocycles. The number of rotatable bonds is 10. The zero-order valence-corrected chi connectivity index (χ0v) is 20.3. The van der Waals surface area contributed by atoms with E-state index in [1.807, 2.05) is 36.9 Å². The Labute approximate surface area is 197 Å². The molecule has 0 radical (unpaired) electrons. The zero-order valence-electron chi connectivity index (χ0n) is 20.3. The molecule has 182 valence electrons. The van der Waals surface area contributed by atoms with E-state index >= 15 is 0 Å². The van der Waals surface area contributed by atoms with E-state index in [9.17, 15) is 9.59 Å². The molecule has 9 nitrogen and oxygen atoms in total. The zero-order chi connectivity index (χ0) is 24.4. The van der Waals surface area contributed by atoms with Crippen molar-refractivity contribution >= 4 is 23.3 Å². The highest BCUT2D eigenvalue weighted by atomic mass is 16.5. The molecule has 33 heavy (non-hydrogen) atoms. The largest absolute Gasteiger partial charge is 0.496 e.